The van der Waals surface area contributed by atoms with E-state index >= 15 is 0 Å². The molecular weight excluding hydrogens is 344 g/mol. The molecule has 0 atom stereocenters. The minimum Gasteiger partial charge on any atom is -0.346 e. The molecule has 0 amide bonds. The zero-order valence-corrected chi connectivity index (χ0v) is 12.1. The van der Waals surface area contributed by atoms with E-state index in [-0.39, 0.29) is 0 Å². The second-order valence-electron chi connectivity index (χ2n) is 3.39. The summed E-state index contributed by atoms with van der Waals surface area (Å²) in [5, 5.41) is 3.11. The van der Waals surface area contributed by atoms with Gasteiger partial charge >= 0.3 is 0 Å². The maximum atomic E-state index is 4.30. The molecule has 0 fully saturated rings. The summed E-state index contributed by atoms with van der Waals surface area (Å²) in [6.45, 7) is 0. The van der Waals surface area contributed by atoms with Gasteiger partial charge in [-0.05, 0) is 48.5 Å². The molecule has 0 heterocycles. The quantitative estimate of drug-likeness (QED) is 0.610. The number of anilines is 1. The third-order valence-electron chi connectivity index (χ3n) is 2.12. The maximum Gasteiger partial charge on any atom is 0.0930 e. The molecule has 0 saturated heterocycles. The summed E-state index contributed by atoms with van der Waals surface area (Å²) in [6.07, 6.45) is 1.69. The first-order valence-electron chi connectivity index (χ1n) is 5.04. The first kappa shape index (κ1) is 12.3. The molecule has 0 aliphatic carbocycles. The maximum absolute atomic E-state index is 4.30. The Morgan fingerprint density at radius 3 is 1.94 bits per heavy atom. The van der Waals surface area contributed by atoms with Gasteiger partial charge in [-0.2, -0.15) is 0 Å². The summed E-state index contributed by atoms with van der Waals surface area (Å²) in [4.78, 5) is 4.30. The molecule has 2 aromatic carbocycles. The highest BCUT2D eigenvalue weighted by Gasteiger charge is 1.90. The zero-order valence-electron chi connectivity index (χ0n) is 8.90. The van der Waals surface area contributed by atoms with Crippen LogP contribution in [0.3, 0.4) is 0 Å². The monoisotopic (exact) mass is 352 g/mol. The SMILES string of the molecule is Brc1ccc(N=CNc2ccc(Br)cc2)cc1. The molecule has 2 aromatic rings. The summed E-state index contributed by atoms with van der Waals surface area (Å²) in [5.74, 6) is 0. The predicted molar refractivity (Wildman–Crippen MR) is 80.1 cm³/mol. The van der Waals surface area contributed by atoms with Crippen LogP contribution in [0.1, 0.15) is 0 Å². The Labute approximate surface area is 117 Å². The lowest BCUT2D eigenvalue weighted by Crippen LogP contribution is -1.93. The lowest BCUT2D eigenvalue weighted by atomic mass is 10.3. The van der Waals surface area contributed by atoms with Gasteiger partial charge in [0, 0.05) is 14.6 Å². The van der Waals surface area contributed by atoms with Crippen LogP contribution in [0.4, 0.5) is 11.4 Å². The van der Waals surface area contributed by atoms with Gasteiger partial charge in [0.15, 0.2) is 0 Å². The van der Waals surface area contributed by atoms with Gasteiger partial charge in [-0.3, -0.25) is 0 Å². The number of aliphatic imine (C=N–C) groups is 1. The van der Waals surface area contributed by atoms with Crippen molar-refractivity contribution in [3.63, 3.8) is 0 Å². The van der Waals surface area contributed by atoms with Gasteiger partial charge in [0.2, 0.25) is 0 Å². The fourth-order valence-corrected chi connectivity index (χ4v) is 1.78. The predicted octanol–water partition coefficient (Wildman–Crippen LogP) is 4.98. The Hall–Kier alpha value is -1.13. The van der Waals surface area contributed by atoms with Crippen molar-refractivity contribution in [2.24, 2.45) is 4.99 Å². The van der Waals surface area contributed by atoms with Gasteiger partial charge in [-0.15, -0.1) is 0 Å². The molecule has 1 N–H and O–H groups in total. The molecule has 0 spiro atoms. The number of nitrogens with zero attached hydrogens (tertiary/aromatic N) is 1. The molecule has 4 heteroatoms. The largest absolute Gasteiger partial charge is 0.346 e. The smallest absolute Gasteiger partial charge is 0.0930 e. The van der Waals surface area contributed by atoms with E-state index in [0.29, 0.717) is 0 Å². The van der Waals surface area contributed by atoms with Crippen molar-refractivity contribution in [1.82, 2.24) is 0 Å². The van der Waals surface area contributed by atoms with E-state index in [2.05, 4.69) is 42.2 Å². The van der Waals surface area contributed by atoms with Crippen molar-refractivity contribution in [1.29, 1.82) is 0 Å². The number of nitrogens with one attached hydrogen (secondary N) is 1. The summed E-state index contributed by atoms with van der Waals surface area (Å²) < 4.78 is 2.12. The fourth-order valence-electron chi connectivity index (χ4n) is 1.25. The highest BCUT2D eigenvalue weighted by molar-refractivity contribution is 9.10. The molecule has 0 bridgehead atoms. The number of benzene rings is 2. The molecule has 0 aliphatic rings. The number of hydrogen-bond donors (Lipinski definition) is 1. The van der Waals surface area contributed by atoms with E-state index in [1.165, 1.54) is 0 Å². The standard InChI is InChI=1S/C13H10Br2N2/c14-10-1-5-12(6-2-10)16-9-17-13-7-3-11(15)4-8-13/h1-9H,(H,16,17). The van der Waals surface area contributed by atoms with E-state index in [1.54, 1.807) is 6.34 Å². The average molecular weight is 354 g/mol. The van der Waals surface area contributed by atoms with Gasteiger partial charge in [-0.1, -0.05) is 31.9 Å². The van der Waals surface area contributed by atoms with Gasteiger partial charge in [0.25, 0.3) is 0 Å². The van der Waals surface area contributed by atoms with E-state index in [1.807, 2.05) is 48.5 Å². The van der Waals surface area contributed by atoms with Crippen LogP contribution in [0.2, 0.25) is 0 Å². The summed E-state index contributed by atoms with van der Waals surface area (Å²) in [5.41, 5.74) is 1.92. The van der Waals surface area contributed by atoms with Crippen LogP contribution in [0, 0.1) is 0 Å². The minimum absolute atomic E-state index is 0.915. The Morgan fingerprint density at radius 1 is 0.824 bits per heavy atom. The Morgan fingerprint density at radius 2 is 1.35 bits per heavy atom. The fraction of sp³-hybridized carbons (Fsp3) is 0. The van der Waals surface area contributed by atoms with Crippen molar-refractivity contribution in [3.8, 4) is 0 Å². The topological polar surface area (TPSA) is 24.4 Å². The van der Waals surface area contributed by atoms with Crippen LogP contribution < -0.4 is 5.32 Å². The van der Waals surface area contributed by atoms with Crippen molar-refractivity contribution in [2.75, 3.05) is 5.32 Å². The average Bonchev–Trinajstić information content (AvgIpc) is 2.34. The summed E-state index contributed by atoms with van der Waals surface area (Å²) >= 11 is 6.78. The van der Waals surface area contributed by atoms with Crippen LogP contribution in [0.25, 0.3) is 0 Å². The van der Waals surface area contributed by atoms with Gasteiger partial charge in [-0.25, -0.2) is 4.99 Å². The molecule has 0 aliphatic heterocycles. The third-order valence-corrected chi connectivity index (χ3v) is 3.17. The second kappa shape index (κ2) is 5.98. The normalized spacial score (nSPS) is 10.7. The first-order valence-corrected chi connectivity index (χ1v) is 6.63. The van der Waals surface area contributed by atoms with Crippen molar-refractivity contribution in [2.45, 2.75) is 0 Å². The minimum atomic E-state index is 0.915. The number of halogens is 2. The molecule has 2 nitrogen and oxygen atoms in total. The molecule has 0 unspecified atom stereocenters. The highest BCUT2D eigenvalue weighted by atomic mass is 79.9. The lowest BCUT2D eigenvalue weighted by Gasteiger charge is -1.99. The van der Waals surface area contributed by atoms with Crippen LogP contribution in [-0.2, 0) is 0 Å². The second-order valence-corrected chi connectivity index (χ2v) is 5.22. The van der Waals surface area contributed by atoms with Crippen molar-refractivity contribution >= 4 is 49.6 Å². The van der Waals surface area contributed by atoms with E-state index in [4.69, 9.17) is 0 Å². The lowest BCUT2D eigenvalue weighted by molar-refractivity contribution is 1.50. The van der Waals surface area contributed by atoms with Crippen molar-refractivity contribution < 1.29 is 0 Å². The Balaban J connectivity index is 1.97. The zero-order chi connectivity index (χ0) is 12.1. The number of rotatable bonds is 3. The highest BCUT2D eigenvalue weighted by Crippen LogP contribution is 2.17. The summed E-state index contributed by atoms with van der Waals surface area (Å²) in [6, 6.07) is 15.8. The van der Waals surface area contributed by atoms with Gasteiger partial charge in [0.05, 0.1) is 12.0 Å². The van der Waals surface area contributed by atoms with Crippen LogP contribution in [0.15, 0.2) is 62.5 Å². The first-order chi connectivity index (χ1) is 8.24. The Kier molecular flexibility index (Phi) is 4.34. The van der Waals surface area contributed by atoms with Gasteiger partial charge in [0.1, 0.15) is 0 Å². The third kappa shape index (κ3) is 3.98. The molecule has 86 valence electrons. The molecule has 0 saturated carbocycles. The van der Waals surface area contributed by atoms with E-state index < -0.39 is 0 Å². The molecule has 2 rings (SSSR count). The van der Waals surface area contributed by atoms with Crippen LogP contribution >= 0.6 is 31.9 Å². The van der Waals surface area contributed by atoms with E-state index in [9.17, 15) is 0 Å². The van der Waals surface area contributed by atoms with Crippen molar-refractivity contribution in [3.05, 3.63) is 57.5 Å². The number of hydrogen-bond acceptors (Lipinski definition) is 1. The summed E-state index contributed by atoms with van der Waals surface area (Å²) in [7, 11) is 0. The Bertz CT molecular complexity index is 504. The molecule has 0 radical (unpaired) electrons. The molecule has 17 heavy (non-hydrogen) atoms. The van der Waals surface area contributed by atoms with Crippen LogP contribution in [-0.4, -0.2) is 6.34 Å². The molecule has 0 aromatic heterocycles. The van der Waals surface area contributed by atoms with Gasteiger partial charge < -0.3 is 5.32 Å². The molecular formula is C13H10Br2N2. The van der Waals surface area contributed by atoms with E-state index in [0.717, 1.165) is 20.3 Å². The van der Waals surface area contributed by atoms with Crippen LogP contribution in [0.5, 0.6) is 0 Å².